The predicted octanol–water partition coefficient (Wildman–Crippen LogP) is 5.09. The summed E-state index contributed by atoms with van der Waals surface area (Å²) in [5.74, 6) is 0.848. The van der Waals surface area contributed by atoms with E-state index in [2.05, 4.69) is 16.4 Å². The van der Waals surface area contributed by atoms with Crippen molar-refractivity contribution in [2.24, 2.45) is 5.73 Å². The quantitative estimate of drug-likeness (QED) is 0.529. The summed E-state index contributed by atoms with van der Waals surface area (Å²) in [6.45, 7) is 2.59. The van der Waals surface area contributed by atoms with Gasteiger partial charge in [-0.3, -0.25) is 0 Å². The highest BCUT2D eigenvalue weighted by atomic mass is 35.5. The van der Waals surface area contributed by atoms with Crippen LogP contribution in [0.25, 0.3) is 10.2 Å². The summed E-state index contributed by atoms with van der Waals surface area (Å²) in [7, 11) is 0. The molecule has 140 valence electrons. The summed E-state index contributed by atoms with van der Waals surface area (Å²) >= 11 is 7.83. The van der Waals surface area contributed by atoms with Crippen molar-refractivity contribution < 1.29 is 4.42 Å². The molecule has 3 aromatic rings. The first-order chi connectivity index (χ1) is 11.6. The lowest BCUT2D eigenvalue weighted by molar-refractivity contribution is 0.518. The minimum atomic E-state index is -0.170. The van der Waals surface area contributed by atoms with Gasteiger partial charge in [-0.1, -0.05) is 11.6 Å². The number of furan rings is 1. The minimum Gasteiger partial charge on any atom is -0.467 e. The van der Waals surface area contributed by atoms with Crippen LogP contribution in [0.2, 0.25) is 5.15 Å². The number of pyridine rings is 1. The molecule has 0 aliphatic carbocycles. The van der Waals surface area contributed by atoms with E-state index in [4.69, 9.17) is 27.0 Å². The van der Waals surface area contributed by atoms with Crippen LogP contribution in [-0.2, 0) is 13.0 Å². The average molecular weight is 434 g/mol. The normalized spacial score (nSPS) is 11.3. The molecule has 3 aromatic heterocycles. The number of anilines is 1. The van der Waals surface area contributed by atoms with Crippen molar-refractivity contribution in [1.29, 1.82) is 5.26 Å². The Morgan fingerprint density at radius 1 is 1.46 bits per heavy atom. The molecule has 3 heterocycles. The first kappa shape index (κ1) is 22.6. The molecular weight excluding hydrogens is 415 g/mol. The molecule has 26 heavy (non-hydrogen) atoms. The van der Waals surface area contributed by atoms with Crippen LogP contribution in [-0.4, -0.2) is 11.0 Å². The minimum absolute atomic E-state index is 0. The Morgan fingerprint density at radius 2 is 2.23 bits per heavy atom. The molecule has 0 fully saturated rings. The van der Waals surface area contributed by atoms with Crippen molar-refractivity contribution >= 4 is 63.7 Å². The maximum Gasteiger partial charge on any atom is 0.131 e. The van der Waals surface area contributed by atoms with Gasteiger partial charge in [-0.25, -0.2) is 4.98 Å². The highest BCUT2D eigenvalue weighted by molar-refractivity contribution is 7.19. The zero-order valence-corrected chi connectivity index (χ0v) is 17.2. The number of halogens is 3. The first-order valence-electron chi connectivity index (χ1n) is 7.55. The maximum absolute atomic E-state index is 8.79. The SMILES string of the molecule is Cc1c(C[C@@H](N)CC#N)sc2c(NCc3ccco3)cc(Cl)nc12.Cl.Cl. The van der Waals surface area contributed by atoms with Gasteiger partial charge in [-0.05, 0) is 31.0 Å². The van der Waals surface area contributed by atoms with Gasteiger partial charge in [0.15, 0.2) is 0 Å². The predicted molar refractivity (Wildman–Crippen MR) is 112 cm³/mol. The number of aryl methyl sites for hydroxylation is 1. The Kier molecular flexibility index (Phi) is 8.68. The van der Waals surface area contributed by atoms with Crippen LogP contribution in [0.1, 0.15) is 22.6 Å². The van der Waals surface area contributed by atoms with Crippen LogP contribution in [0.4, 0.5) is 5.69 Å². The fourth-order valence-electron chi connectivity index (χ4n) is 2.54. The van der Waals surface area contributed by atoms with Crippen molar-refractivity contribution in [2.75, 3.05) is 5.32 Å². The third-order valence-corrected chi connectivity index (χ3v) is 5.30. The van der Waals surface area contributed by atoms with E-state index < -0.39 is 0 Å². The van der Waals surface area contributed by atoms with Crippen molar-refractivity contribution in [2.45, 2.75) is 32.4 Å². The van der Waals surface area contributed by atoms with Crippen LogP contribution in [0.15, 0.2) is 28.9 Å². The molecule has 0 aliphatic heterocycles. The lowest BCUT2D eigenvalue weighted by Crippen LogP contribution is -2.21. The molecule has 0 saturated carbocycles. The van der Waals surface area contributed by atoms with Crippen LogP contribution >= 0.6 is 47.8 Å². The second-order valence-corrected chi connectivity index (χ2v) is 7.07. The number of nitrogens with zero attached hydrogens (tertiary/aromatic N) is 2. The summed E-state index contributed by atoms with van der Waals surface area (Å²) in [5.41, 5.74) is 8.89. The number of thiophene rings is 1. The topological polar surface area (TPSA) is 87.9 Å². The molecule has 0 unspecified atom stereocenters. The summed E-state index contributed by atoms with van der Waals surface area (Å²) in [4.78, 5) is 5.60. The molecule has 0 spiro atoms. The zero-order valence-electron chi connectivity index (χ0n) is 14.0. The van der Waals surface area contributed by atoms with Gasteiger partial charge in [0, 0.05) is 17.0 Å². The summed E-state index contributed by atoms with van der Waals surface area (Å²) < 4.78 is 6.40. The molecule has 0 aromatic carbocycles. The fraction of sp³-hybridized carbons (Fsp3) is 0.294. The number of nitriles is 1. The number of aromatic nitrogens is 1. The molecule has 3 rings (SSSR count). The zero-order chi connectivity index (χ0) is 17.1. The van der Waals surface area contributed by atoms with Crippen molar-refractivity contribution in [3.05, 3.63) is 45.8 Å². The first-order valence-corrected chi connectivity index (χ1v) is 8.75. The number of fused-ring (bicyclic) bond motifs is 1. The molecular formula is C17H19Cl3N4OS. The highest BCUT2D eigenvalue weighted by Gasteiger charge is 2.16. The number of hydrogen-bond donors (Lipinski definition) is 2. The van der Waals surface area contributed by atoms with E-state index in [1.165, 1.54) is 0 Å². The molecule has 0 aliphatic rings. The Bertz CT molecular complexity index is 890. The van der Waals surface area contributed by atoms with Gasteiger partial charge in [0.25, 0.3) is 0 Å². The molecule has 0 saturated heterocycles. The maximum atomic E-state index is 8.79. The van der Waals surface area contributed by atoms with E-state index in [0.29, 0.717) is 24.5 Å². The van der Waals surface area contributed by atoms with Gasteiger partial charge in [0.1, 0.15) is 10.9 Å². The summed E-state index contributed by atoms with van der Waals surface area (Å²) in [5, 5.41) is 12.6. The Balaban J connectivity index is 0.00000169. The Labute approximate surface area is 173 Å². The van der Waals surface area contributed by atoms with E-state index in [-0.39, 0.29) is 30.9 Å². The van der Waals surface area contributed by atoms with Crippen LogP contribution in [0.3, 0.4) is 0 Å². The summed E-state index contributed by atoms with van der Waals surface area (Å²) in [6.07, 6.45) is 2.65. The van der Waals surface area contributed by atoms with Gasteiger partial charge in [-0.15, -0.1) is 36.2 Å². The van der Waals surface area contributed by atoms with E-state index >= 15 is 0 Å². The van der Waals surface area contributed by atoms with Gasteiger partial charge in [-0.2, -0.15) is 5.26 Å². The number of rotatable bonds is 6. The average Bonchev–Trinajstić information content (AvgIpc) is 3.15. The molecule has 0 radical (unpaired) electrons. The third kappa shape index (κ3) is 5.03. The molecule has 9 heteroatoms. The van der Waals surface area contributed by atoms with E-state index in [1.807, 2.05) is 25.1 Å². The van der Waals surface area contributed by atoms with Crippen molar-refractivity contribution in [3.8, 4) is 6.07 Å². The lowest BCUT2D eigenvalue weighted by atomic mass is 10.1. The molecule has 1 atom stereocenters. The van der Waals surface area contributed by atoms with Crippen LogP contribution < -0.4 is 11.1 Å². The van der Waals surface area contributed by atoms with Crippen molar-refractivity contribution in [1.82, 2.24) is 4.98 Å². The lowest BCUT2D eigenvalue weighted by Gasteiger charge is -2.06. The monoisotopic (exact) mass is 432 g/mol. The largest absolute Gasteiger partial charge is 0.467 e. The van der Waals surface area contributed by atoms with E-state index in [0.717, 1.165) is 32.1 Å². The van der Waals surface area contributed by atoms with Gasteiger partial charge < -0.3 is 15.5 Å². The Hall–Kier alpha value is -1.49. The molecule has 0 amide bonds. The van der Waals surface area contributed by atoms with Gasteiger partial charge in [0.2, 0.25) is 0 Å². The van der Waals surface area contributed by atoms with Gasteiger partial charge in [0.05, 0.1) is 41.2 Å². The number of hydrogen-bond acceptors (Lipinski definition) is 6. The highest BCUT2D eigenvalue weighted by Crippen LogP contribution is 2.37. The van der Waals surface area contributed by atoms with Crippen molar-refractivity contribution in [3.63, 3.8) is 0 Å². The second-order valence-electron chi connectivity index (χ2n) is 5.58. The van der Waals surface area contributed by atoms with Gasteiger partial charge >= 0.3 is 0 Å². The smallest absolute Gasteiger partial charge is 0.131 e. The van der Waals surface area contributed by atoms with Crippen LogP contribution in [0.5, 0.6) is 0 Å². The molecule has 5 nitrogen and oxygen atoms in total. The number of nitrogens with two attached hydrogens (primary N) is 1. The Morgan fingerprint density at radius 3 is 2.88 bits per heavy atom. The molecule has 3 N–H and O–H groups in total. The van der Waals surface area contributed by atoms with E-state index in [1.54, 1.807) is 17.6 Å². The fourth-order valence-corrected chi connectivity index (χ4v) is 4.06. The van der Waals surface area contributed by atoms with Crippen LogP contribution in [0, 0.1) is 18.3 Å². The van der Waals surface area contributed by atoms with E-state index in [9.17, 15) is 0 Å². The summed E-state index contributed by atoms with van der Waals surface area (Å²) in [6, 6.07) is 7.54. The molecule has 0 bridgehead atoms. The standard InChI is InChI=1S/C17H17ClN4OS.2ClH/c1-10-14(7-11(20)4-5-19)24-17-13(8-15(18)22-16(10)17)21-9-12-3-2-6-23-12;;/h2-3,6,8,11H,4,7,9,20H2,1H3,(H,21,22);2*1H/t11-;;/m0../s1. The third-order valence-electron chi connectivity index (χ3n) is 3.77. The second kappa shape index (κ2) is 10.0. The number of nitrogens with one attached hydrogen (secondary N) is 1.